The van der Waals surface area contributed by atoms with Crippen LogP contribution in [-0.4, -0.2) is 17.3 Å². The predicted octanol–water partition coefficient (Wildman–Crippen LogP) is 3.35. The first-order chi connectivity index (χ1) is 8.15. The van der Waals surface area contributed by atoms with Crippen LogP contribution in [0.15, 0.2) is 24.3 Å². The standard InChI is InChI=1S/C15H23NO/c1-12-7-3-6-10-14(12)16-15(2,11-17)13-8-4-5-9-13/h3,6-7,10,13,16-17H,4-5,8-9,11H2,1-2H3. The van der Waals surface area contributed by atoms with Crippen molar-refractivity contribution in [3.05, 3.63) is 29.8 Å². The summed E-state index contributed by atoms with van der Waals surface area (Å²) in [5, 5.41) is 13.3. The third kappa shape index (κ3) is 2.63. The quantitative estimate of drug-likeness (QED) is 0.836. The molecule has 1 aromatic carbocycles. The number of aliphatic hydroxyl groups is 1. The smallest absolute Gasteiger partial charge is 0.0661 e. The number of anilines is 1. The van der Waals surface area contributed by atoms with Crippen molar-refractivity contribution in [3.63, 3.8) is 0 Å². The van der Waals surface area contributed by atoms with E-state index in [9.17, 15) is 5.11 Å². The maximum absolute atomic E-state index is 9.74. The lowest BCUT2D eigenvalue weighted by Gasteiger charge is -2.36. The van der Waals surface area contributed by atoms with Crippen LogP contribution in [0.1, 0.15) is 38.2 Å². The molecule has 0 amide bonds. The van der Waals surface area contributed by atoms with Crippen LogP contribution in [0, 0.1) is 12.8 Å². The van der Waals surface area contributed by atoms with E-state index in [0.29, 0.717) is 5.92 Å². The Bertz CT molecular complexity index is 371. The van der Waals surface area contributed by atoms with Gasteiger partial charge in [-0.1, -0.05) is 31.0 Å². The Morgan fingerprint density at radius 1 is 1.29 bits per heavy atom. The summed E-state index contributed by atoms with van der Waals surface area (Å²) in [6.45, 7) is 4.45. The first kappa shape index (κ1) is 12.4. The molecule has 0 radical (unpaired) electrons. The van der Waals surface area contributed by atoms with Crippen LogP contribution < -0.4 is 5.32 Å². The number of rotatable bonds is 4. The number of benzene rings is 1. The lowest BCUT2D eigenvalue weighted by molar-refractivity contribution is 0.172. The molecule has 0 heterocycles. The van der Waals surface area contributed by atoms with Gasteiger partial charge in [-0.25, -0.2) is 0 Å². The maximum atomic E-state index is 9.74. The van der Waals surface area contributed by atoms with Gasteiger partial charge < -0.3 is 10.4 Å². The van der Waals surface area contributed by atoms with Gasteiger partial charge in [-0.15, -0.1) is 0 Å². The Labute approximate surface area is 104 Å². The van der Waals surface area contributed by atoms with Crippen molar-refractivity contribution in [2.24, 2.45) is 5.92 Å². The Morgan fingerprint density at radius 2 is 1.94 bits per heavy atom. The molecule has 1 aromatic rings. The summed E-state index contributed by atoms with van der Waals surface area (Å²) in [4.78, 5) is 0. The molecule has 1 unspecified atom stereocenters. The van der Waals surface area contributed by atoms with Crippen molar-refractivity contribution in [1.82, 2.24) is 0 Å². The van der Waals surface area contributed by atoms with E-state index < -0.39 is 0 Å². The highest BCUT2D eigenvalue weighted by atomic mass is 16.3. The van der Waals surface area contributed by atoms with Gasteiger partial charge in [0.25, 0.3) is 0 Å². The Kier molecular flexibility index (Phi) is 3.72. The largest absolute Gasteiger partial charge is 0.394 e. The molecular formula is C15H23NO. The highest BCUT2D eigenvalue weighted by Crippen LogP contribution is 2.36. The summed E-state index contributed by atoms with van der Waals surface area (Å²) in [5.74, 6) is 0.590. The molecule has 1 aliphatic carbocycles. The molecule has 1 atom stereocenters. The maximum Gasteiger partial charge on any atom is 0.0661 e. The molecule has 0 spiro atoms. The zero-order valence-electron chi connectivity index (χ0n) is 10.9. The van der Waals surface area contributed by atoms with Gasteiger partial charge in [0, 0.05) is 5.69 Å². The van der Waals surface area contributed by atoms with Gasteiger partial charge in [-0.2, -0.15) is 0 Å². The van der Waals surface area contributed by atoms with E-state index >= 15 is 0 Å². The molecule has 1 saturated carbocycles. The number of para-hydroxylation sites is 1. The van der Waals surface area contributed by atoms with Crippen molar-refractivity contribution >= 4 is 5.69 Å². The van der Waals surface area contributed by atoms with Crippen LogP contribution in [0.5, 0.6) is 0 Å². The van der Waals surface area contributed by atoms with E-state index in [4.69, 9.17) is 0 Å². The van der Waals surface area contributed by atoms with Crippen molar-refractivity contribution in [1.29, 1.82) is 0 Å². The molecule has 0 bridgehead atoms. The van der Waals surface area contributed by atoms with Gasteiger partial charge in [-0.05, 0) is 44.2 Å². The molecule has 0 saturated heterocycles. The fourth-order valence-corrected chi connectivity index (χ4v) is 2.85. The molecule has 1 aliphatic rings. The van der Waals surface area contributed by atoms with E-state index in [1.165, 1.54) is 31.2 Å². The van der Waals surface area contributed by atoms with Crippen LogP contribution >= 0.6 is 0 Å². The first-order valence-electron chi connectivity index (χ1n) is 6.60. The van der Waals surface area contributed by atoms with Crippen molar-refractivity contribution in [2.45, 2.75) is 45.1 Å². The van der Waals surface area contributed by atoms with E-state index in [1.807, 2.05) is 12.1 Å². The Hall–Kier alpha value is -1.02. The molecule has 1 fully saturated rings. The average molecular weight is 233 g/mol. The third-order valence-electron chi connectivity index (χ3n) is 4.15. The Balaban J connectivity index is 2.16. The Morgan fingerprint density at radius 3 is 2.53 bits per heavy atom. The summed E-state index contributed by atoms with van der Waals surface area (Å²) in [6.07, 6.45) is 5.07. The van der Waals surface area contributed by atoms with Gasteiger partial charge in [0.15, 0.2) is 0 Å². The molecule has 0 aromatic heterocycles. The molecular weight excluding hydrogens is 210 g/mol. The normalized spacial score (nSPS) is 20.2. The molecule has 2 nitrogen and oxygen atoms in total. The summed E-state index contributed by atoms with van der Waals surface area (Å²) < 4.78 is 0. The molecule has 94 valence electrons. The number of hydrogen-bond donors (Lipinski definition) is 2. The zero-order chi connectivity index (χ0) is 12.3. The van der Waals surface area contributed by atoms with E-state index in [-0.39, 0.29) is 12.1 Å². The van der Waals surface area contributed by atoms with Crippen LogP contribution in [0.25, 0.3) is 0 Å². The number of aliphatic hydroxyl groups excluding tert-OH is 1. The van der Waals surface area contributed by atoms with Gasteiger partial charge in [0.2, 0.25) is 0 Å². The van der Waals surface area contributed by atoms with E-state index in [2.05, 4.69) is 31.3 Å². The van der Waals surface area contributed by atoms with Gasteiger partial charge in [0.1, 0.15) is 0 Å². The zero-order valence-corrected chi connectivity index (χ0v) is 10.9. The molecule has 17 heavy (non-hydrogen) atoms. The van der Waals surface area contributed by atoms with E-state index in [1.54, 1.807) is 0 Å². The molecule has 2 heteroatoms. The second kappa shape index (κ2) is 5.09. The fourth-order valence-electron chi connectivity index (χ4n) is 2.85. The lowest BCUT2D eigenvalue weighted by Crippen LogP contribution is -2.45. The van der Waals surface area contributed by atoms with Crippen LogP contribution in [0.2, 0.25) is 0 Å². The summed E-state index contributed by atoms with van der Waals surface area (Å²) >= 11 is 0. The molecule has 2 rings (SSSR count). The van der Waals surface area contributed by atoms with Crippen molar-refractivity contribution in [3.8, 4) is 0 Å². The lowest BCUT2D eigenvalue weighted by atomic mass is 9.84. The van der Waals surface area contributed by atoms with Gasteiger partial charge in [-0.3, -0.25) is 0 Å². The average Bonchev–Trinajstić information content (AvgIpc) is 2.86. The SMILES string of the molecule is Cc1ccccc1NC(C)(CO)C1CCCC1. The van der Waals surface area contributed by atoms with Crippen molar-refractivity contribution < 1.29 is 5.11 Å². The van der Waals surface area contributed by atoms with Crippen LogP contribution in [-0.2, 0) is 0 Å². The predicted molar refractivity (Wildman–Crippen MR) is 72.3 cm³/mol. The van der Waals surface area contributed by atoms with Gasteiger partial charge in [0.05, 0.1) is 12.1 Å². The monoisotopic (exact) mass is 233 g/mol. The second-order valence-electron chi connectivity index (χ2n) is 5.50. The minimum absolute atomic E-state index is 0.178. The minimum Gasteiger partial charge on any atom is -0.394 e. The number of hydrogen-bond acceptors (Lipinski definition) is 2. The first-order valence-corrected chi connectivity index (χ1v) is 6.60. The topological polar surface area (TPSA) is 32.3 Å². The molecule has 0 aliphatic heterocycles. The number of aryl methyl sites for hydroxylation is 1. The summed E-state index contributed by atoms with van der Waals surface area (Å²) in [6, 6.07) is 8.29. The molecule has 2 N–H and O–H groups in total. The highest BCUT2D eigenvalue weighted by molar-refractivity contribution is 5.52. The third-order valence-corrected chi connectivity index (χ3v) is 4.15. The van der Waals surface area contributed by atoms with E-state index in [0.717, 1.165) is 5.69 Å². The van der Waals surface area contributed by atoms with Crippen LogP contribution in [0.3, 0.4) is 0 Å². The summed E-state index contributed by atoms with van der Waals surface area (Å²) in [7, 11) is 0. The highest BCUT2D eigenvalue weighted by Gasteiger charge is 2.35. The number of nitrogens with one attached hydrogen (secondary N) is 1. The second-order valence-corrected chi connectivity index (χ2v) is 5.50. The van der Waals surface area contributed by atoms with Crippen LogP contribution in [0.4, 0.5) is 5.69 Å². The fraction of sp³-hybridized carbons (Fsp3) is 0.600. The van der Waals surface area contributed by atoms with Crippen molar-refractivity contribution in [2.75, 3.05) is 11.9 Å². The summed E-state index contributed by atoms with van der Waals surface area (Å²) in [5.41, 5.74) is 2.21. The minimum atomic E-state index is -0.178. The van der Waals surface area contributed by atoms with Gasteiger partial charge >= 0.3 is 0 Å².